The third kappa shape index (κ3) is 3.04. The van der Waals surface area contributed by atoms with E-state index in [4.69, 9.17) is 0 Å². The van der Waals surface area contributed by atoms with Crippen LogP contribution in [0.3, 0.4) is 0 Å². The minimum Gasteiger partial charge on any atom is -0.480 e. The van der Waals surface area contributed by atoms with Crippen molar-refractivity contribution >= 4 is 21.9 Å². The fraction of sp³-hybridized carbons (Fsp3) is 0.529. The maximum Gasteiger partial charge on any atom is 0.326 e. The molecule has 0 spiro atoms. The summed E-state index contributed by atoms with van der Waals surface area (Å²) >= 11 is 0. The van der Waals surface area contributed by atoms with Crippen LogP contribution in [0, 0.1) is 11.8 Å². The Morgan fingerprint density at radius 1 is 1.16 bits per heavy atom. The van der Waals surface area contributed by atoms with Crippen LogP contribution < -0.4 is 0 Å². The number of aliphatic carboxylic acids is 1. The molecular formula is C17H22N2O5S. The molecule has 1 aliphatic heterocycles. The Kier molecular flexibility index (Phi) is 4.59. The number of nitrogens with zero attached hydrogens (tertiary/aromatic N) is 2. The molecule has 1 aromatic rings. The Morgan fingerprint density at radius 2 is 1.80 bits per heavy atom. The summed E-state index contributed by atoms with van der Waals surface area (Å²) in [6.07, 6.45) is 2.81. The normalized spacial score (nSPS) is 26.0. The predicted molar refractivity (Wildman–Crippen MR) is 90.6 cm³/mol. The average molecular weight is 366 g/mol. The molecule has 2 fully saturated rings. The van der Waals surface area contributed by atoms with E-state index in [9.17, 15) is 23.1 Å². The molecule has 3 unspecified atom stereocenters. The second kappa shape index (κ2) is 6.42. The molecule has 7 nitrogen and oxygen atoms in total. The quantitative estimate of drug-likeness (QED) is 0.866. The molecule has 0 radical (unpaired) electrons. The number of rotatable bonds is 4. The van der Waals surface area contributed by atoms with Crippen molar-refractivity contribution in [3.63, 3.8) is 0 Å². The third-order valence-electron chi connectivity index (χ3n) is 5.28. The monoisotopic (exact) mass is 366 g/mol. The van der Waals surface area contributed by atoms with E-state index in [-0.39, 0.29) is 22.6 Å². The summed E-state index contributed by atoms with van der Waals surface area (Å²) in [6, 6.07) is 4.88. The summed E-state index contributed by atoms with van der Waals surface area (Å²) in [5.74, 6) is -1.04. The van der Waals surface area contributed by atoms with Crippen LogP contribution in [0.25, 0.3) is 0 Å². The fourth-order valence-electron chi connectivity index (χ4n) is 3.98. The smallest absolute Gasteiger partial charge is 0.326 e. The Morgan fingerprint density at radius 3 is 2.36 bits per heavy atom. The molecule has 1 N–H and O–H groups in total. The van der Waals surface area contributed by atoms with Crippen LogP contribution >= 0.6 is 0 Å². The number of carboxylic acid groups (broad SMARTS) is 1. The molecule has 1 amide bonds. The first-order chi connectivity index (χ1) is 11.7. The maximum absolute atomic E-state index is 12.8. The van der Waals surface area contributed by atoms with E-state index in [1.165, 1.54) is 43.3 Å². The highest BCUT2D eigenvalue weighted by molar-refractivity contribution is 7.89. The lowest BCUT2D eigenvalue weighted by molar-refractivity contribution is -0.142. The van der Waals surface area contributed by atoms with Gasteiger partial charge in [-0.15, -0.1) is 0 Å². The van der Waals surface area contributed by atoms with Crippen molar-refractivity contribution in [2.45, 2.75) is 30.2 Å². The molecule has 8 heteroatoms. The van der Waals surface area contributed by atoms with Crippen LogP contribution in [0.5, 0.6) is 0 Å². The van der Waals surface area contributed by atoms with Crippen LogP contribution in [0.4, 0.5) is 0 Å². The molecule has 0 bridgehead atoms. The Labute approximate surface area is 147 Å². The van der Waals surface area contributed by atoms with Gasteiger partial charge in [0, 0.05) is 26.2 Å². The minimum atomic E-state index is -3.56. The van der Waals surface area contributed by atoms with Crippen LogP contribution in [0.15, 0.2) is 29.2 Å². The average Bonchev–Trinajstić information content (AvgIpc) is 3.14. The van der Waals surface area contributed by atoms with Crippen LogP contribution in [-0.2, 0) is 14.8 Å². The van der Waals surface area contributed by atoms with Crippen LogP contribution in [-0.4, -0.2) is 61.3 Å². The molecule has 25 heavy (non-hydrogen) atoms. The number of hydrogen-bond acceptors (Lipinski definition) is 4. The van der Waals surface area contributed by atoms with E-state index in [0.29, 0.717) is 12.1 Å². The number of carboxylic acids is 1. The van der Waals surface area contributed by atoms with Crippen molar-refractivity contribution in [3.05, 3.63) is 29.8 Å². The van der Waals surface area contributed by atoms with E-state index < -0.39 is 22.0 Å². The van der Waals surface area contributed by atoms with Gasteiger partial charge in [-0.25, -0.2) is 17.5 Å². The minimum absolute atomic E-state index is 0.0230. The molecule has 2 aliphatic rings. The molecule has 1 saturated heterocycles. The molecule has 1 aromatic carbocycles. The third-order valence-corrected chi connectivity index (χ3v) is 7.11. The van der Waals surface area contributed by atoms with Crippen molar-refractivity contribution in [1.82, 2.24) is 9.21 Å². The summed E-state index contributed by atoms with van der Waals surface area (Å²) in [6.45, 7) is 0.457. The number of sulfonamides is 1. The van der Waals surface area contributed by atoms with Gasteiger partial charge in [0.1, 0.15) is 6.04 Å². The molecule has 136 valence electrons. The van der Waals surface area contributed by atoms with E-state index in [1.807, 2.05) is 0 Å². The van der Waals surface area contributed by atoms with Crippen molar-refractivity contribution in [2.75, 3.05) is 20.6 Å². The van der Waals surface area contributed by atoms with Gasteiger partial charge in [0.2, 0.25) is 10.0 Å². The number of carbonyl (C=O) groups is 2. The van der Waals surface area contributed by atoms with E-state index in [2.05, 4.69) is 0 Å². The lowest BCUT2D eigenvalue weighted by atomic mass is 9.94. The number of amides is 1. The first-order valence-corrected chi connectivity index (χ1v) is 9.74. The number of carbonyl (C=O) groups excluding carboxylic acids is 1. The van der Waals surface area contributed by atoms with Gasteiger partial charge < -0.3 is 10.0 Å². The van der Waals surface area contributed by atoms with Gasteiger partial charge in [-0.05, 0) is 48.9 Å². The summed E-state index contributed by atoms with van der Waals surface area (Å²) in [4.78, 5) is 26.0. The van der Waals surface area contributed by atoms with E-state index in [1.54, 1.807) is 0 Å². The summed E-state index contributed by atoms with van der Waals surface area (Å²) in [5.41, 5.74) is 0.309. The largest absolute Gasteiger partial charge is 0.480 e. The lowest BCUT2D eigenvalue weighted by Gasteiger charge is -2.24. The highest BCUT2D eigenvalue weighted by Crippen LogP contribution is 2.42. The molecule has 0 aromatic heterocycles. The molecule has 3 atom stereocenters. The molecule has 1 saturated carbocycles. The van der Waals surface area contributed by atoms with Gasteiger partial charge in [0.05, 0.1) is 4.90 Å². The van der Waals surface area contributed by atoms with Crippen LogP contribution in [0.1, 0.15) is 29.6 Å². The number of likely N-dealkylation sites (tertiary alicyclic amines) is 1. The molecular weight excluding hydrogens is 344 g/mol. The predicted octanol–water partition coefficient (Wildman–Crippen LogP) is 1.26. The standard InChI is InChI=1S/C17H22N2O5S/c1-18(2)25(23,24)13-8-6-11(7-9-13)16(20)19-10-12-4-3-5-14(12)15(19)17(21)22/h6-9,12,14-15H,3-5,10H2,1-2H3,(H,21,22). The van der Waals surface area contributed by atoms with Crippen molar-refractivity contribution in [3.8, 4) is 0 Å². The van der Waals surface area contributed by atoms with Crippen LogP contribution in [0.2, 0.25) is 0 Å². The van der Waals surface area contributed by atoms with Crippen molar-refractivity contribution in [2.24, 2.45) is 11.8 Å². The maximum atomic E-state index is 12.8. The Bertz CT molecular complexity index is 788. The Hall–Kier alpha value is -1.93. The van der Waals surface area contributed by atoms with E-state index >= 15 is 0 Å². The molecule has 3 rings (SSSR count). The number of hydrogen-bond donors (Lipinski definition) is 1. The topological polar surface area (TPSA) is 95.0 Å². The van der Waals surface area contributed by atoms with Crippen molar-refractivity contribution in [1.29, 1.82) is 0 Å². The summed E-state index contributed by atoms with van der Waals surface area (Å²) < 4.78 is 25.3. The zero-order chi connectivity index (χ0) is 18.4. The zero-order valence-corrected chi connectivity index (χ0v) is 15.1. The highest BCUT2D eigenvalue weighted by atomic mass is 32.2. The number of fused-ring (bicyclic) bond motifs is 1. The first-order valence-electron chi connectivity index (χ1n) is 8.30. The van der Waals surface area contributed by atoms with Gasteiger partial charge in [0.25, 0.3) is 5.91 Å². The lowest BCUT2D eigenvalue weighted by Crippen LogP contribution is -2.43. The summed E-state index contributed by atoms with van der Waals surface area (Å²) in [5, 5.41) is 9.56. The molecule has 1 heterocycles. The number of benzene rings is 1. The summed E-state index contributed by atoms with van der Waals surface area (Å²) in [7, 11) is -0.682. The SMILES string of the molecule is CN(C)S(=O)(=O)c1ccc(C(=O)N2CC3CCCC3C2C(=O)O)cc1. The zero-order valence-electron chi connectivity index (χ0n) is 14.3. The fourth-order valence-corrected chi connectivity index (χ4v) is 4.88. The second-order valence-corrected chi connectivity index (χ2v) is 9.06. The van der Waals surface area contributed by atoms with Gasteiger partial charge in [-0.1, -0.05) is 6.42 Å². The van der Waals surface area contributed by atoms with Gasteiger partial charge >= 0.3 is 5.97 Å². The van der Waals surface area contributed by atoms with E-state index in [0.717, 1.165) is 23.6 Å². The first kappa shape index (κ1) is 17.9. The van der Waals surface area contributed by atoms with Gasteiger partial charge in [-0.3, -0.25) is 4.79 Å². The van der Waals surface area contributed by atoms with Gasteiger partial charge in [0.15, 0.2) is 0 Å². The van der Waals surface area contributed by atoms with Gasteiger partial charge in [-0.2, -0.15) is 0 Å². The second-order valence-electron chi connectivity index (χ2n) is 6.91. The highest BCUT2D eigenvalue weighted by Gasteiger charge is 2.49. The molecule has 1 aliphatic carbocycles. The van der Waals surface area contributed by atoms with Crippen molar-refractivity contribution < 1.29 is 23.1 Å². The Balaban J connectivity index is 1.85.